The second-order valence-corrected chi connectivity index (χ2v) is 5.16. The second kappa shape index (κ2) is 6.50. The molecule has 3 unspecified atom stereocenters. The highest BCUT2D eigenvalue weighted by molar-refractivity contribution is 5.82. The maximum absolute atomic E-state index is 12.4. The summed E-state index contributed by atoms with van der Waals surface area (Å²) < 4.78 is 10.7. The quantitative estimate of drug-likeness (QED) is 0.766. The van der Waals surface area contributed by atoms with Crippen LogP contribution >= 0.6 is 0 Å². The largest absolute Gasteiger partial charge is 0.381 e. The van der Waals surface area contributed by atoms with Crippen molar-refractivity contribution in [2.45, 2.75) is 31.9 Å². The summed E-state index contributed by atoms with van der Waals surface area (Å²) in [5.41, 5.74) is 0. The van der Waals surface area contributed by atoms with Gasteiger partial charge in [0.2, 0.25) is 5.91 Å². The van der Waals surface area contributed by atoms with Crippen LogP contribution in [0.25, 0.3) is 0 Å². The Kier molecular flexibility index (Phi) is 4.97. The molecule has 2 aliphatic rings. The SMILES string of the molecule is CCN(CC1CCOC1)C(=O)C1CC(OC)CN1. The lowest BCUT2D eigenvalue weighted by atomic mass is 10.1. The lowest BCUT2D eigenvalue weighted by Gasteiger charge is -2.26. The minimum Gasteiger partial charge on any atom is -0.381 e. The summed E-state index contributed by atoms with van der Waals surface area (Å²) >= 11 is 0. The molecule has 2 heterocycles. The van der Waals surface area contributed by atoms with Gasteiger partial charge in [0.1, 0.15) is 0 Å². The van der Waals surface area contributed by atoms with Crippen molar-refractivity contribution >= 4 is 5.91 Å². The smallest absolute Gasteiger partial charge is 0.239 e. The third-order valence-electron chi connectivity index (χ3n) is 3.92. The van der Waals surface area contributed by atoms with Crippen LogP contribution in [0.2, 0.25) is 0 Å². The molecule has 3 atom stereocenters. The number of carbonyl (C=O) groups is 1. The van der Waals surface area contributed by atoms with Crippen LogP contribution in [0, 0.1) is 5.92 Å². The molecular weight excluding hydrogens is 232 g/mol. The lowest BCUT2D eigenvalue weighted by molar-refractivity contribution is -0.133. The van der Waals surface area contributed by atoms with Crippen molar-refractivity contribution < 1.29 is 14.3 Å². The molecule has 104 valence electrons. The molecule has 5 nitrogen and oxygen atoms in total. The van der Waals surface area contributed by atoms with E-state index in [1.165, 1.54) is 0 Å². The van der Waals surface area contributed by atoms with Gasteiger partial charge in [-0.05, 0) is 19.8 Å². The summed E-state index contributed by atoms with van der Waals surface area (Å²) in [6.45, 7) is 6.04. The van der Waals surface area contributed by atoms with E-state index in [1.54, 1.807) is 7.11 Å². The Morgan fingerprint density at radius 1 is 1.56 bits per heavy atom. The average molecular weight is 256 g/mol. The number of methoxy groups -OCH3 is 1. The zero-order chi connectivity index (χ0) is 13.0. The number of likely N-dealkylation sites (N-methyl/N-ethyl adjacent to an activating group) is 1. The molecule has 1 N–H and O–H groups in total. The number of rotatable bonds is 5. The standard InChI is InChI=1S/C13H24N2O3/c1-3-15(8-10-4-5-18-9-10)13(16)12-6-11(17-2)7-14-12/h10-12,14H,3-9H2,1-2H3. The highest BCUT2D eigenvalue weighted by atomic mass is 16.5. The van der Waals surface area contributed by atoms with Gasteiger partial charge in [0, 0.05) is 39.3 Å². The van der Waals surface area contributed by atoms with Gasteiger partial charge in [-0.25, -0.2) is 0 Å². The summed E-state index contributed by atoms with van der Waals surface area (Å²) in [5, 5.41) is 3.25. The molecule has 2 saturated heterocycles. The fourth-order valence-electron chi connectivity index (χ4n) is 2.71. The first-order valence-electron chi connectivity index (χ1n) is 6.87. The fourth-order valence-corrected chi connectivity index (χ4v) is 2.71. The van der Waals surface area contributed by atoms with Gasteiger partial charge in [0.15, 0.2) is 0 Å². The molecule has 0 aromatic heterocycles. The molecule has 0 aromatic carbocycles. The van der Waals surface area contributed by atoms with Gasteiger partial charge in [-0.2, -0.15) is 0 Å². The van der Waals surface area contributed by atoms with Gasteiger partial charge in [-0.15, -0.1) is 0 Å². The third kappa shape index (κ3) is 3.22. The molecule has 18 heavy (non-hydrogen) atoms. The summed E-state index contributed by atoms with van der Waals surface area (Å²) in [5.74, 6) is 0.720. The molecular formula is C13H24N2O3. The minimum absolute atomic E-state index is 0.0720. The van der Waals surface area contributed by atoms with E-state index in [0.717, 1.165) is 45.7 Å². The van der Waals surface area contributed by atoms with E-state index >= 15 is 0 Å². The minimum atomic E-state index is -0.0720. The van der Waals surface area contributed by atoms with Crippen molar-refractivity contribution in [2.75, 3.05) is 40.0 Å². The molecule has 0 aromatic rings. The van der Waals surface area contributed by atoms with Crippen LogP contribution in [0.5, 0.6) is 0 Å². The molecule has 0 aliphatic carbocycles. The molecule has 5 heteroatoms. The predicted molar refractivity (Wildman–Crippen MR) is 68.4 cm³/mol. The number of nitrogens with one attached hydrogen (secondary N) is 1. The van der Waals surface area contributed by atoms with Crippen molar-refractivity contribution in [1.82, 2.24) is 10.2 Å². The van der Waals surface area contributed by atoms with E-state index in [1.807, 2.05) is 11.8 Å². The maximum atomic E-state index is 12.4. The van der Waals surface area contributed by atoms with Gasteiger partial charge >= 0.3 is 0 Å². The van der Waals surface area contributed by atoms with Gasteiger partial charge in [-0.1, -0.05) is 0 Å². The van der Waals surface area contributed by atoms with Crippen molar-refractivity contribution in [1.29, 1.82) is 0 Å². The first kappa shape index (κ1) is 13.8. The van der Waals surface area contributed by atoms with Crippen LogP contribution in [-0.2, 0) is 14.3 Å². The maximum Gasteiger partial charge on any atom is 0.239 e. The molecule has 2 fully saturated rings. The van der Waals surface area contributed by atoms with Crippen LogP contribution in [0.4, 0.5) is 0 Å². The summed E-state index contributed by atoms with van der Waals surface area (Å²) in [6.07, 6.45) is 2.03. The molecule has 1 amide bonds. The average Bonchev–Trinajstić information content (AvgIpc) is 3.06. The molecule has 2 aliphatic heterocycles. The Balaban J connectivity index is 1.85. The Morgan fingerprint density at radius 3 is 2.94 bits per heavy atom. The van der Waals surface area contributed by atoms with E-state index < -0.39 is 0 Å². The molecule has 0 saturated carbocycles. The Hall–Kier alpha value is -0.650. The number of hydrogen-bond donors (Lipinski definition) is 1. The van der Waals surface area contributed by atoms with Crippen LogP contribution < -0.4 is 5.32 Å². The van der Waals surface area contributed by atoms with Gasteiger partial charge < -0.3 is 19.7 Å². The Labute approximate surface area is 109 Å². The number of nitrogens with zero attached hydrogens (tertiary/aromatic N) is 1. The molecule has 2 rings (SSSR count). The van der Waals surface area contributed by atoms with E-state index in [-0.39, 0.29) is 18.1 Å². The molecule has 0 spiro atoms. The fraction of sp³-hybridized carbons (Fsp3) is 0.923. The van der Waals surface area contributed by atoms with Gasteiger partial charge in [0.05, 0.1) is 18.8 Å². The van der Waals surface area contributed by atoms with Gasteiger partial charge in [-0.3, -0.25) is 4.79 Å². The number of hydrogen-bond acceptors (Lipinski definition) is 4. The number of ether oxygens (including phenoxy) is 2. The van der Waals surface area contributed by atoms with Crippen molar-refractivity contribution in [3.8, 4) is 0 Å². The van der Waals surface area contributed by atoms with Crippen molar-refractivity contribution in [2.24, 2.45) is 5.92 Å². The number of amides is 1. The van der Waals surface area contributed by atoms with Gasteiger partial charge in [0.25, 0.3) is 0 Å². The number of carbonyl (C=O) groups excluding carboxylic acids is 1. The lowest BCUT2D eigenvalue weighted by Crippen LogP contribution is -2.45. The first-order chi connectivity index (χ1) is 8.74. The van der Waals surface area contributed by atoms with E-state index in [9.17, 15) is 4.79 Å². The van der Waals surface area contributed by atoms with Crippen LogP contribution in [0.15, 0.2) is 0 Å². The third-order valence-corrected chi connectivity index (χ3v) is 3.92. The van der Waals surface area contributed by atoms with Crippen molar-refractivity contribution in [3.05, 3.63) is 0 Å². The zero-order valence-electron chi connectivity index (χ0n) is 11.4. The molecule has 0 bridgehead atoms. The van der Waals surface area contributed by atoms with Crippen LogP contribution in [0.1, 0.15) is 19.8 Å². The van der Waals surface area contributed by atoms with Crippen molar-refractivity contribution in [3.63, 3.8) is 0 Å². The zero-order valence-corrected chi connectivity index (χ0v) is 11.4. The predicted octanol–water partition coefficient (Wildman–Crippen LogP) is 0.248. The summed E-state index contributed by atoms with van der Waals surface area (Å²) in [4.78, 5) is 14.3. The Morgan fingerprint density at radius 2 is 2.39 bits per heavy atom. The van der Waals surface area contributed by atoms with Crippen LogP contribution in [0.3, 0.4) is 0 Å². The van der Waals surface area contributed by atoms with Crippen LogP contribution in [-0.4, -0.2) is 62.9 Å². The normalized spacial score (nSPS) is 31.8. The highest BCUT2D eigenvalue weighted by Crippen LogP contribution is 2.17. The first-order valence-corrected chi connectivity index (χ1v) is 6.87. The van der Waals surface area contributed by atoms with E-state index in [2.05, 4.69) is 5.32 Å². The Bertz CT molecular complexity index is 279. The second-order valence-electron chi connectivity index (χ2n) is 5.16. The summed E-state index contributed by atoms with van der Waals surface area (Å²) in [6, 6.07) is -0.0720. The van der Waals surface area contributed by atoms with E-state index in [4.69, 9.17) is 9.47 Å². The molecule has 0 radical (unpaired) electrons. The van der Waals surface area contributed by atoms with E-state index in [0.29, 0.717) is 5.92 Å². The topological polar surface area (TPSA) is 50.8 Å². The highest BCUT2D eigenvalue weighted by Gasteiger charge is 2.32. The summed E-state index contributed by atoms with van der Waals surface area (Å²) in [7, 11) is 1.70. The monoisotopic (exact) mass is 256 g/mol.